The molecule has 80 valence electrons. The lowest BCUT2D eigenvalue weighted by atomic mass is 9.97. The average molecular weight is 205 g/mol. The molecule has 15 heavy (non-hydrogen) atoms. The number of aryl methyl sites for hydroxylation is 3. The minimum Gasteiger partial charge on any atom is -0.259 e. The highest BCUT2D eigenvalue weighted by atomic mass is 16.6. The first-order valence-corrected chi connectivity index (χ1v) is 4.87. The molecule has 1 rings (SSSR count). The summed E-state index contributed by atoms with van der Waals surface area (Å²) in [7, 11) is 0. The van der Waals surface area contributed by atoms with Gasteiger partial charge < -0.3 is 0 Å². The molecule has 0 N–H and O–H groups in total. The molecule has 3 heteroatoms. The van der Waals surface area contributed by atoms with Crippen LogP contribution in [-0.2, 0) is 6.42 Å². The Balaban J connectivity index is 2.90. The number of nitrogens with zero attached hydrogens (tertiary/aromatic N) is 1. The van der Waals surface area contributed by atoms with Gasteiger partial charge >= 0.3 is 0 Å². The van der Waals surface area contributed by atoms with Gasteiger partial charge in [-0.2, -0.15) is 0 Å². The topological polar surface area (TPSA) is 43.1 Å². The predicted molar refractivity (Wildman–Crippen MR) is 60.5 cm³/mol. The third-order valence-electron chi connectivity index (χ3n) is 2.39. The molecule has 0 heterocycles. The van der Waals surface area contributed by atoms with Gasteiger partial charge in [0.1, 0.15) is 0 Å². The fourth-order valence-electron chi connectivity index (χ4n) is 1.79. The normalized spacial score (nSPS) is 10.9. The van der Waals surface area contributed by atoms with E-state index in [1.807, 2.05) is 13.8 Å². The minimum atomic E-state index is -0.432. The summed E-state index contributed by atoms with van der Waals surface area (Å²) in [4.78, 5) is 9.70. The van der Waals surface area contributed by atoms with Gasteiger partial charge in [-0.05, 0) is 50.0 Å². The summed E-state index contributed by atoms with van der Waals surface area (Å²) >= 11 is 0. The highest BCUT2D eigenvalue weighted by molar-refractivity contribution is 5.38. The summed E-state index contributed by atoms with van der Waals surface area (Å²) in [6.45, 7) is 6.13. The van der Waals surface area contributed by atoms with Crippen molar-refractivity contribution in [1.29, 1.82) is 0 Å². The molecule has 0 fully saturated rings. The average Bonchev–Trinajstić information content (AvgIpc) is 2.08. The van der Waals surface area contributed by atoms with Gasteiger partial charge in [0.15, 0.2) is 0 Å². The Labute approximate surface area is 89.6 Å². The number of nitro groups is 1. The number of allylic oxidation sites excluding steroid dienone is 1. The summed E-state index contributed by atoms with van der Waals surface area (Å²) in [5.41, 5.74) is 4.80. The van der Waals surface area contributed by atoms with Crippen LogP contribution in [0.15, 0.2) is 24.4 Å². The molecule has 0 aromatic heterocycles. The van der Waals surface area contributed by atoms with Crippen LogP contribution in [0.25, 0.3) is 0 Å². The van der Waals surface area contributed by atoms with Gasteiger partial charge in [0.2, 0.25) is 6.20 Å². The Hall–Kier alpha value is -1.64. The molecule has 0 unspecified atom stereocenters. The van der Waals surface area contributed by atoms with Crippen LogP contribution in [0.5, 0.6) is 0 Å². The molecule has 0 amide bonds. The summed E-state index contributed by atoms with van der Waals surface area (Å²) in [5, 5.41) is 10.1. The Morgan fingerprint density at radius 3 is 2.27 bits per heavy atom. The number of benzene rings is 1. The van der Waals surface area contributed by atoms with Gasteiger partial charge in [-0.1, -0.05) is 17.7 Å². The zero-order valence-corrected chi connectivity index (χ0v) is 9.28. The molecule has 3 nitrogen and oxygen atoms in total. The molecule has 0 saturated heterocycles. The van der Waals surface area contributed by atoms with Gasteiger partial charge in [-0.3, -0.25) is 10.1 Å². The van der Waals surface area contributed by atoms with E-state index in [4.69, 9.17) is 0 Å². The summed E-state index contributed by atoms with van der Waals surface area (Å²) in [5.74, 6) is 0. The Kier molecular flexibility index (Phi) is 3.61. The smallest absolute Gasteiger partial charge is 0.230 e. The maximum atomic E-state index is 10.1. The molecule has 0 bridgehead atoms. The zero-order valence-electron chi connectivity index (χ0n) is 9.28. The van der Waals surface area contributed by atoms with Gasteiger partial charge in [0.05, 0.1) is 4.92 Å². The van der Waals surface area contributed by atoms with E-state index >= 15 is 0 Å². The maximum Gasteiger partial charge on any atom is 0.230 e. The van der Waals surface area contributed by atoms with E-state index in [-0.39, 0.29) is 0 Å². The maximum absolute atomic E-state index is 10.1. The first kappa shape index (κ1) is 11.4. The number of rotatable bonds is 3. The minimum absolute atomic E-state index is 0.432. The van der Waals surface area contributed by atoms with E-state index in [2.05, 4.69) is 19.1 Å². The van der Waals surface area contributed by atoms with Crippen molar-refractivity contribution in [3.05, 3.63) is 56.8 Å². The van der Waals surface area contributed by atoms with Crippen molar-refractivity contribution in [2.75, 3.05) is 0 Å². The van der Waals surface area contributed by atoms with E-state index < -0.39 is 4.92 Å². The van der Waals surface area contributed by atoms with E-state index in [0.29, 0.717) is 6.42 Å². The highest BCUT2D eigenvalue weighted by Gasteiger charge is 2.02. The Bertz CT molecular complexity index is 385. The second kappa shape index (κ2) is 4.73. The number of hydrogen-bond donors (Lipinski definition) is 0. The fraction of sp³-hybridized carbons (Fsp3) is 0.333. The van der Waals surface area contributed by atoms with Crippen LogP contribution in [0.2, 0.25) is 0 Å². The second-order valence-corrected chi connectivity index (χ2v) is 3.75. The quantitative estimate of drug-likeness (QED) is 0.562. The molecule has 0 aliphatic carbocycles. The molecule has 0 radical (unpaired) electrons. The van der Waals surface area contributed by atoms with Crippen molar-refractivity contribution < 1.29 is 4.92 Å². The van der Waals surface area contributed by atoms with Gasteiger partial charge in [-0.25, -0.2) is 0 Å². The van der Waals surface area contributed by atoms with Gasteiger partial charge in [0, 0.05) is 0 Å². The van der Waals surface area contributed by atoms with Crippen molar-refractivity contribution in [3.63, 3.8) is 0 Å². The van der Waals surface area contributed by atoms with Gasteiger partial charge in [-0.15, -0.1) is 0 Å². The largest absolute Gasteiger partial charge is 0.259 e. The highest BCUT2D eigenvalue weighted by Crippen LogP contribution is 2.17. The van der Waals surface area contributed by atoms with Gasteiger partial charge in [0.25, 0.3) is 0 Å². The fourth-order valence-corrected chi connectivity index (χ4v) is 1.79. The van der Waals surface area contributed by atoms with Crippen molar-refractivity contribution in [3.8, 4) is 0 Å². The van der Waals surface area contributed by atoms with Crippen molar-refractivity contribution >= 4 is 0 Å². The second-order valence-electron chi connectivity index (χ2n) is 3.75. The van der Waals surface area contributed by atoms with Crippen LogP contribution < -0.4 is 0 Å². The van der Waals surface area contributed by atoms with Crippen LogP contribution in [-0.4, -0.2) is 4.92 Å². The van der Waals surface area contributed by atoms with Crippen molar-refractivity contribution in [1.82, 2.24) is 0 Å². The first-order chi connectivity index (χ1) is 7.00. The van der Waals surface area contributed by atoms with Crippen LogP contribution in [0.1, 0.15) is 22.3 Å². The summed E-state index contributed by atoms with van der Waals surface area (Å²) in [6, 6.07) is 4.20. The molecule has 0 aliphatic rings. The van der Waals surface area contributed by atoms with Crippen LogP contribution >= 0.6 is 0 Å². The summed E-state index contributed by atoms with van der Waals surface area (Å²) in [6.07, 6.45) is 3.21. The molecule has 0 saturated carbocycles. The molecule has 0 atom stereocenters. The van der Waals surface area contributed by atoms with E-state index in [1.54, 1.807) is 6.08 Å². The number of hydrogen-bond acceptors (Lipinski definition) is 2. The Morgan fingerprint density at radius 1 is 1.27 bits per heavy atom. The van der Waals surface area contributed by atoms with Crippen molar-refractivity contribution in [2.24, 2.45) is 0 Å². The molecule has 1 aromatic rings. The Morgan fingerprint density at radius 2 is 1.80 bits per heavy atom. The summed E-state index contributed by atoms with van der Waals surface area (Å²) < 4.78 is 0. The predicted octanol–water partition coefficient (Wildman–Crippen LogP) is 2.94. The molecule has 1 aromatic carbocycles. The first-order valence-electron chi connectivity index (χ1n) is 4.87. The lowest BCUT2D eigenvalue weighted by Crippen LogP contribution is -1.94. The molecule has 0 spiro atoms. The SMILES string of the molecule is Cc1cc(C)c(C/C=C/[N+](=O)[O-])c(C)c1. The van der Waals surface area contributed by atoms with E-state index in [1.165, 1.54) is 22.3 Å². The van der Waals surface area contributed by atoms with Crippen LogP contribution in [0.4, 0.5) is 0 Å². The third-order valence-corrected chi connectivity index (χ3v) is 2.39. The van der Waals surface area contributed by atoms with Crippen molar-refractivity contribution in [2.45, 2.75) is 27.2 Å². The zero-order chi connectivity index (χ0) is 11.4. The molecular formula is C12H15NO2. The molecular weight excluding hydrogens is 190 g/mol. The van der Waals surface area contributed by atoms with Crippen LogP contribution in [0, 0.1) is 30.9 Å². The van der Waals surface area contributed by atoms with E-state index in [0.717, 1.165) is 6.20 Å². The molecule has 0 aliphatic heterocycles. The lowest BCUT2D eigenvalue weighted by Gasteiger charge is -2.08. The lowest BCUT2D eigenvalue weighted by molar-refractivity contribution is -0.402. The monoisotopic (exact) mass is 205 g/mol. The third kappa shape index (κ3) is 3.20. The van der Waals surface area contributed by atoms with E-state index in [9.17, 15) is 10.1 Å². The standard InChI is InChI=1S/C12H15NO2/c1-9-7-10(2)12(11(3)8-9)5-4-6-13(14)15/h4,6-8H,5H2,1-3H3/b6-4+. The van der Waals surface area contributed by atoms with Crippen LogP contribution in [0.3, 0.4) is 0 Å².